The summed E-state index contributed by atoms with van der Waals surface area (Å²) in [6.45, 7) is 0. The van der Waals surface area contributed by atoms with E-state index in [9.17, 15) is 19.3 Å². The first-order valence-corrected chi connectivity index (χ1v) is 6.97. The summed E-state index contributed by atoms with van der Waals surface area (Å²) in [7, 11) is 0. The van der Waals surface area contributed by atoms with Crippen molar-refractivity contribution >= 4 is 45.6 Å². The quantitative estimate of drug-likeness (QED) is 0.470. The van der Waals surface area contributed by atoms with Crippen molar-refractivity contribution in [2.24, 2.45) is 0 Å². The number of carboxylic acids is 1. The highest BCUT2D eigenvalue weighted by molar-refractivity contribution is 14.1. The number of thiophene rings is 1. The molecule has 1 aromatic heterocycles. The minimum Gasteiger partial charge on any atom is -0.477 e. The Hall–Kier alpha value is -1.75. The van der Waals surface area contributed by atoms with E-state index in [0.717, 1.165) is 23.5 Å². The molecule has 0 aliphatic carbocycles. The Balaban J connectivity index is 2.39. The fourth-order valence-corrected chi connectivity index (χ4v) is 2.45. The van der Waals surface area contributed by atoms with Gasteiger partial charge in [-0.2, -0.15) is 0 Å². The largest absolute Gasteiger partial charge is 0.477 e. The van der Waals surface area contributed by atoms with Crippen LogP contribution in [0, 0.1) is 19.5 Å². The zero-order valence-electron chi connectivity index (χ0n) is 9.50. The van der Waals surface area contributed by atoms with E-state index >= 15 is 0 Å². The normalized spacial score (nSPS) is 10.3. The van der Waals surface area contributed by atoms with Gasteiger partial charge in [-0.25, -0.2) is 9.18 Å². The van der Waals surface area contributed by atoms with Crippen molar-refractivity contribution in [1.29, 1.82) is 0 Å². The highest BCUT2D eigenvalue weighted by Gasteiger charge is 2.20. The fraction of sp³-hybridized carbons (Fsp3) is 0. The van der Waals surface area contributed by atoms with E-state index in [1.165, 1.54) is 11.4 Å². The highest BCUT2D eigenvalue weighted by atomic mass is 127. The van der Waals surface area contributed by atoms with Crippen molar-refractivity contribution in [3.05, 3.63) is 48.0 Å². The average molecular weight is 409 g/mol. The zero-order valence-corrected chi connectivity index (χ0v) is 12.5. The predicted molar refractivity (Wildman–Crippen MR) is 77.1 cm³/mol. The van der Waals surface area contributed by atoms with Crippen LogP contribution in [0.3, 0.4) is 0 Å². The van der Waals surface area contributed by atoms with E-state index in [2.05, 4.69) is 0 Å². The standard InChI is InChI=1S/C11H5FINO5S/c12-6-2-9(8(14(17)18)3-7(6)13)19-5-1-10(11(15)16)20-4-5/h1-4H,(H,15,16). The maximum atomic E-state index is 13.5. The molecule has 1 aromatic carbocycles. The van der Waals surface area contributed by atoms with E-state index < -0.39 is 16.7 Å². The van der Waals surface area contributed by atoms with Gasteiger partial charge in [0, 0.05) is 23.6 Å². The summed E-state index contributed by atoms with van der Waals surface area (Å²) in [6, 6.07) is 3.17. The summed E-state index contributed by atoms with van der Waals surface area (Å²) in [5.74, 6) is -1.95. The van der Waals surface area contributed by atoms with Gasteiger partial charge in [-0.1, -0.05) is 0 Å². The molecule has 1 heterocycles. The lowest BCUT2D eigenvalue weighted by atomic mass is 10.3. The van der Waals surface area contributed by atoms with Gasteiger partial charge in [-0.15, -0.1) is 11.3 Å². The van der Waals surface area contributed by atoms with Crippen LogP contribution in [0.15, 0.2) is 23.6 Å². The van der Waals surface area contributed by atoms with Gasteiger partial charge in [0.1, 0.15) is 16.4 Å². The van der Waals surface area contributed by atoms with Crippen LogP contribution in [0.2, 0.25) is 0 Å². The number of halogens is 2. The Kier molecular flexibility index (Phi) is 4.18. The molecule has 0 amide bonds. The molecular formula is C11H5FINO5S. The summed E-state index contributed by atoms with van der Waals surface area (Å²) in [5, 5.41) is 21.0. The lowest BCUT2D eigenvalue weighted by Crippen LogP contribution is -1.96. The summed E-state index contributed by atoms with van der Waals surface area (Å²) < 4.78 is 18.8. The maximum absolute atomic E-state index is 13.5. The first-order chi connectivity index (χ1) is 9.38. The summed E-state index contributed by atoms with van der Waals surface area (Å²) in [4.78, 5) is 21.0. The van der Waals surface area contributed by atoms with Crippen LogP contribution < -0.4 is 4.74 Å². The molecule has 2 rings (SSSR count). The maximum Gasteiger partial charge on any atom is 0.346 e. The van der Waals surface area contributed by atoms with Gasteiger partial charge < -0.3 is 9.84 Å². The number of benzene rings is 1. The Morgan fingerprint density at radius 3 is 2.70 bits per heavy atom. The molecule has 0 unspecified atom stereocenters. The molecule has 2 aromatic rings. The van der Waals surface area contributed by atoms with Gasteiger partial charge in [0.2, 0.25) is 5.75 Å². The number of hydrogen-bond donors (Lipinski definition) is 1. The first kappa shape index (κ1) is 14.7. The SMILES string of the molecule is O=C(O)c1cc(Oc2cc(F)c(I)cc2[N+](=O)[O-])cs1. The lowest BCUT2D eigenvalue weighted by Gasteiger charge is -2.05. The molecule has 9 heteroatoms. The van der Waals surface area contributed by atoms with E-state index in [0.29, 0.717) is 0 Å². The number of hydrogen-bond acceptors (Lipinski definition) is 5. The summed E-state index contributed by atoms with van der Waals surface area (Å²) >= 11 is 2.54. The molecule has 0 radical (unpaired) electrons. The summed E-state index contributed by atoms with van der Waals surface area (Å²) in [5.41, 5.74) is -0.390. The van der Waals surface area contributed by atoms with Crippen LogP contribution in [0.1, 0.15) is 9.67 Å². The van der Waals surface area contributed by atoms with Crippen molar-refractivity contribution in [2.45, 2.75) is 0 Å². The van der Waals surface area contributed by atoms with Crippen molar-refractivity contribution in [1.82, 2.24) is 0 Å². The van der Waals surface area contributed by atoms with Gasteiger partial charge >= 0.3 is 11.7 Å². The average Bonchev–Trinajstić information content (AvgIpc) is 2.82. The van der Waals surface area contributed by atoms with E-state index in [1.54, 1.807) is 22.6 Å². The molecule has 20 heavy (non-hydrogen) atoms. The monoisotopic (exact) mass is 409 g/mol. The topological polar surface area (TPSA) is 89.7 Å². The van der Waals surface area contributed by atoms with E-state index in [1.807, 2.05) is 0 Å². The smallest absolute Gasteiger partial charge is 0.346 e. The van der Waals surface area contributed by atoms with Crippen LogP contribution in [0.5, 0.6) is 11.5 Å². The number of nitro groups is 1. The number of ether oxygens (including phenoxy) is 1. The van der Waals surface area contributed by atoms with Crippen LogP contribution in [0.25, 0.3) is 0 Å². The fourth-order valence-electron chi connectivity index (χ4n) is 1.35. The molecule has 0 fully saturated rings. The van der Waals surface area contributed by atoms with Gasteiger partial charge in [0.05, 0.1) is 8.49 Å². The van der Waals surface area contributed by atoms with E-state index in [-0.39, 0.29) is 25.6 Å². The molecule has 0 spiro atoms. The van der Waals surface area contributed by atoms with Crippen LogP contribution in [-0.2, 0) is 0 Å². The second-order valence-corrected chi connectivity index (χ2v) is 5.62. The van der Waals surface area contributed by atoms with Gasteiger partial charge in [-0.05, 0) is 22.6 Å². The third-order valence-corrected chi connectivity index (χ3v) is 3.94. The predicted octanol–water partition coefficient (Wildman–Crippen LogP) is 3.89. The van der Waals surface area contributed by atoms with Crippen molar-refractivity contribution in [3.8, 4) is 11.5 Å². The Labute approximate surface area is 129 Å². The first-order valence-electron chi connectivity index (χ1n) is 5.01. The molecule has 0 saturated heterocycles. The number of rotatable bonds is 4. The molecular weight excluding hydrogens is 404 g/mol. The van der Waals surface area contributed by atoms with Crippen molar-refractivity contribution < 1.29 is 24.0 Å². The van der Waals surface area contributed by atoms with Gasteiger partial charge in [0.25, 0.3) is 0 Å². The van der Waals surface area contributed by atoms with Crippen LogP contribution >= 0.6 is 33.9 Å². The van der Waals surface area contributed by atoms with E-state index in [4.69, 9.17) is 9.84 Å². The molecule has 6 nitrogen and oxygen atoms in total. The molecule has 0 aliphatic heterocycles. The molecule has 1 N–H and O–H groups in total. The Bertz CT molecular complexity index is 702. The zero-order chi connectivity index (χ0) is 14.9. The van der Waals surface area contributed by atoms with Gasteiger partial charge in [0.15, 0.2) is 0 Å². The van der Waals surface area contributed by atoms with Crippen LogP contribution in [-0.4, -0.2) is 16.0 Å². The Morgan fingerprint density at radius 1 is 1.45 bits per heavy atom. The highest BCUT2D eigenvalue weighted by Crippen LogP contribution is 2.35. The second kappa shape index (κ2) is 5.71. The molecule has 0 atom stereocenters. The number of nitro benzene ring substituents is 1. The number of nitrogens with zero attached hydrogens (tertiary/aromatic N) is 1. The van der Waals surface area contributed by atoms with Crippen molar-refractivity contribution in [3.63, 3.8) is 0 Å². The third-order valence-electron chi connectivity index (χ3n) is 2.21. The Morgan fingerprint density at radius 2 is 2.15 bits per heavy atom. The van der Waals surface area contributed by atoms with Crippen molar-refractivity contribution in [2.75, 3.05) is 0 Å². The van der Waals surface area contributed by atoms with Crippen LogP contribution in [0.4, 0.5) is 10.1 Å². The number of carbonyl (C=O) groups is 1. The lowest BCUT2D eigenvalue weighted by molar-refractivity contribution is -0.385. The molecule has 0 aliphatic rings. The molecule has 0 bridgehead atoms. The second-order valence-electron chi connectivity index (χ2n) is 3.55. The number of carboxylic acid groups (broad SMARTS) is 1. The minimum atomic E-state index is -1.13. The third kappa shape index (κ3) is 3.04. The molecule has 104 valence electrons. The number of aromatic carboxylic acids is 1. The minimum absolute atomic E-state index is 0.0219. The molecule has 0 saturated carbocycles. The van der Waals surface area contributed by atoms with Gasteiger partial charge in [-0.3, -0.25) is 10.1 Å². The summed E-state index contributed by atoms with van der Waals surface area (Å²) in [6.07, 6.45) is 0.